The van der Waals surface area contributed by atoms with Crippen molar-refractivity contribution in [2.75, 3.05) is 0 Å². The van der Waals surface area contributed by atoms with Crippen molar-refractivity contribution in [3.63, 3.8) is 0 Å². The van der Waals surface area contributed by atoms with E-state index in [4.69, 9.17) is 0 Å². The molecule has 1 aromatic carbocycles. The molecular formula is C15H21NO2. The van der Waals surface area contributed by atoms with Crippen LogP contribution in [-0.2, 0) is 0 Å². The van der Waals surface area contributed by atoms with Crippen LogP contribution in [0.25, 0.3) is 0 Å². The molecule has 3 heteroatoms. The Morgan fingerprint density at radius 3 is 2.22 bits per heavy atom. The Balaban J connectivity index is 2.12. The second kappa shape index (κ2) is 3.74. The zero-order valence-corrected chi connectivity index (χ0v) is 11.7. The third-order valence-corrected chi connectivity index (χ3v) is 4.77. The number of hydrogen-bond acceptors (Lipinski definition) is 2. The van der Waals surface area contributed by atoms with E-state index in [1.165, 1.54) is 6.07 Å². The SMILES string of the molecule is Cc1ccc(C(=O)NC2C(C)(C)C2(C)C)cc1O. The van der Waals surface area contributed by atoms with E-state index in [2.05, 4.69) is 33.0 Å². The summed E-state index contributed by atoms with van der Waals surface area (Å²) in [6, 6.07) is 5.20. The number of phenolic OH excluding ortho intramolecular Hbond substituents is 1. The highest BCUT2D eigenvalue weighted by molar-refractivity contribution is 5.95. The normalized spacial score (nSPS) is 20.5. The van der Waals surface area contributed by atoms with Gasteiger partial charge in [0.2, 0.25) is 0 Å². The molecule has 1 amide bonds. The summed E-state index contributed by atoms with van der Waals surface area (Å²) in [5.74, 6) is 0.0471. The van der Waals surface area contributed by atoms with Crippen LogP contribution in [0, 0.1) is 17.8 Å². The van der Waals surface area contributed by atoms with Gasteiger partial charge in [0.1, 0.15) is 5.75 Å². The third-order valence-electron chi connectivity index (χ3n) is 4.77. The van der Waals surface area contributed by atoms with Crippen molar-refractivity contribution in [1.29, 1.82) is 0 Å². The second-order valence-corrected chi connectivity index (χ2v) is 6.35. The van der Waals surface area contributed by atoms with Crippen LogP contribution in [0.1, 0.15) is 43.6 Å². The van der Waals surface area contributed by atoms with Gasteiger partial charge in [0.15, 0.2) is 0 Å². The van der Waals surface area contributed by atoms with Gasteiger partial charge < -0.3 is 10.4 Å². The maximum absolute atomic E-state index is 12.1. The average Bonchev–Trinajstić information content (AvgIpc) is 2.65. The molecule has 1 saturated carbocycles. The van der Waals surface area contributed by atoms with E-state index in [0.717, 1.165) is 5.56 Å². The summed E-state index contributed by atoms with van der Waals surface area (Å²) in [7, 11) is 0. The van der Waals surface area contributed by atoms with Crippen molar-refractivity contribution >= 4 is 5.91 Å². The van der Waals surface area contributed by atoms with Crippen LogP contribution in [0.5, 0.6) is 5.75 Å². The molecule has 1 fully saturated rings. The van der Waals surface area contributed by atoms with Crippen molar-refractivity contribution < 1.29 is 9.90 Å². The first-order valence-corrected chi connectivity index (χ1v) is 6.28. The fourth-order valence-electron chi connectivity index (χ4n) is 2.52. The molecule has 0 aliphatic heterocycles. The number of carbonyl (C=O) groups is 1. The van der Waals surface area contributed by atoms with Gasteiger partial charge in [-0.05, 0) is 35.4 Å². The Morgan fingerprint density at radius 1 is 1.22 bits per heavy atom. The summed E-state index contributed by atoms with van der Waals surface area (Å²) in [5, 5.41) is 12.7. The number of benzene rings is 1. The topological polar surface area (TPSA) is 49.3 Å². The van der Waals surface area contributed by atoms with Gasteiger partial charge in [-0.15, -0.1) is 0 Å². The first-order valence-electron chi connectivity index (χ1n) is 6.28. The van der Waals surface area contributed by atoms with Crippen LogP contribution in [0.4, 0.5) is 0 Å². The second-order valence-electron chi connectivity index (χ2n) is 6.35. The Bertz CT molecular complexity index is 489. The van der Waals surface area contributed by atoms with Crippen LogP contribution >= 0.6 is 0 Å². The summed E-state index contributed by atoms with van der Waals surface area (Å²) in [6.45, 7) is 10.4. The van der Waals surface area contributed by atoms with E-state index < -0.39 is 0 Å². The molecule has 3 nitrogen and oxygen atoms in total. The number of nitrogens with one attached hydrogen (secondary N) is 1. The molecule has 0 heterocycles. The first kappa shape index (κ1) is 12.9. The van der Waals surface area contributed by atoms with E-state index in [1.807, 2.05) is 6.92 Å². The lowest BCUT2D eigenvalue weighted by Crippen LogP contribution is -2.29. The van der Waals surface area contributed by atoms with Crippen molar-refractivity contribution in [3.8, 4) is 5.75 Å². The van der Waals surface area contributed by atoms with Crippen LogP contribution < -0.4 is 5.32 Å². The van der Waals surface area contributed by atoms with Crippen molar-refractivity contribution in [2.45, 2.75) is 40.7 Å². The predicted octanol–water partition coefficient (Wildman–Crippen LogP) is 2.87. The zero-order chi connectivity index (χ0) is 13.7. The summed E-state index contributed by atoms with van der Waals surface area (Å²) in [5.41, 5.74) is 1.53. The van der Waals surface area contributed by atoms with Gasteiger partial charge in [0.05, 0.1) is 0 Å². The molecule has 0 spiro atoms. The summed E-state index contributed by atoms with van der Waals surface area (Å²) >= 11 is 0. The van der Waals surface area contributed by atoms with Gasteiger partial charge in [-0.1, -0.05) is 33.8 Å². The van der Waals surface area contributed by atoms with Crippen LogP contribution in [0.2, 0.25) is 0 Å². The minimum absolute atomic E-state index is 0.117. The largest absolute Gasteiger partial charge is 0.508 e. The van der Waals surface area contributed by atoms with Crippen molar-refractivity contribution in [3.05, 3.63) is 29.3 Å². The van der Waals surface area contributed by atoms with E-state index in [1.54, 1.807) is 12.1 Å². The molecule has 2 rings (SSSR count). The Hall–Kier alpha value is -1.51. The smallest absolute Gasteiger partial charge is 0.251 e. The standard InChI is InChI=1S/C15H21NO2/c1-9-6-7-10(8-11(9)17)12(18)16-13-14(2,3)15(13,4)5/h6-8,13,17H,1-5H3,(H,16,18). The third kappa shape index (κ3) is 1.78. The van der Waals surface area contributed by atoms with Gasteiger partial charge in [-0.25, -0.2) is 0 Å². The van der Waals surface area contributed by atoms with Gasteiger partial charge in [0, 0.05) is 11.6 Å². The molecule has 1 aliphatic rings. The van der Waals surface area contributed by atoms with E-state index in [0.29, 0.717) is 5.56 Å². The van der Waals surface area contributed by atoms with Crippen LogP contribution in [0.15, 0.2) is 18.2 Å². The maximum atomic E-state index is 12.1. The molecule has 0 atom stereocenters. The molecule has 0 bridgehead atoms. The number of aryl methyl sites for hydroxylation is 1. The van der Waals surface area contributed by atoms with Gasteiger partial charge in [-0.2, -0.15) is 0 Å². The van der Waals surface area contributed by atoms with Gasteiger partial charge in [-0.3, -0.25) is 4.79 Å². The molecule has 0 aromatic heterocycles. The van der Waals surface area contributed by atoms with Crippen LogP contribution in [-0.4, -0.2) is 17.1 Å². The Morgan fingerprint density at radius 2 is 1.78 bits per heavy atom. The highest BCUT2D eigenvalue weighted by Crippen LogP contribution is 2.62. The molecule has 2 N–H and O–H groups in total. The zero-order valence-electron chi connectivity index (χ0n) is 11.7. The lowest BCUT2D eigenvalue weighted by atomic mass is 10.0. The molecular weight excluding hydrogens is 226 g/mol. The highest BCUT2D eigenvalue weighted by Gasteiger charge is 2.65. The number of carbonyl (C=O) groups excluding carboxylic acids is 1. The van der Waals surface area contributed by atoms with Crippen molar-refractivity contribution in [1.82, 2.24) is 5.32 Å². The number of aromatic hydroxyl groups is 1. The molecule has 0 saturated heterocycles. The summed E-state index contributed by atoms with van der Waals surface area (Å²) in [4.78, 5) is 12.1. The fourth-order valence-corrected chi connectivity index (χ4v) is 2.52. The summed E-state index contributed by atoms with van der Waals surface area (Å²) in [6.07, 6.45) is 0. The molecule has 1 aliphatic carbocycles. The average molecular weight is 247 g/mol. The van der Waals surface area contributed by atoms with Crippen molar-refractivity contribution in [2.24, 2.45) is 10.8 Å². The highest BCUT2D eigenvalue weighted by atomic mass is 16.3. The first-order chi connectivity index (χ1) is 8.18. The van der Waals surface area contributed by atoms with Gasteiger partial charge in [0.25, 0.3) is 5.91 Å². The minimum atomic E-state index is -0.117. The predicted molar refractivity (Wildman–Crippen MR) is 71.7 cm³/mol. The van der Waals surface area contributed by atoms with Gasteiger partial charge >= 0.3 is 0 Å². The van der Waals surface area contributed by atoms with Crippen LogP contribution in [0.3, 0.4) is 0 Å². The van der Waals surface area contributed by atoms with E-state index >= 15 is 0 Å². The maximum Gasteiger partial charge on any atom is 0.251 e. The lowest BCUT2D eigenvalue weighted by molar-refractivity contribution is 0.0943. The lowest BCUT2D eigenvalue weighted by Gasteiger charge is -2.08. The molecule has 18 heavy (non-hydrogen) atoms. The number of rotatable bonds is 2. The number of phenols is 1. The molecule has 0 radical (unpaired) electrons. The number of amides is 1. The Kier molecular flexibility index (Phi) is 2.69. The monoisotopic (exact) mass is 247 g/mol. The van der Waals surface area contributed by atoms with E-state index in [-0.39, 0.29) is 28.5 Å². The molecule has 98 valence electrons. The molecule has 1 aromatic rings. The number of hydrogen-bond donors (Lipinski definition) is 2. The summed E-state index contributed by atoms with van der Waals surface area (Å²) < 4.78 is 0. The Labute approximate surface area is 108 Å². The molecule has 0 unspecified atom stereocenters. The fraction of sp³-hybridized carbons (Fsp3) is 0.533. The van der Waals surface area contributed by atoms with E-state index in [9.17, 15) is 9.90 Å². The quantitative estimate of drug-likeness (QED) is 0.844. The minimum Gasteiger partial charge on any atom is -0.508 e.